The summed E-state index contributed by atoms with van der Waals surface area (Å²) < 4.78 is 13.6. The quantitative estimate of drug-likeness (QED) is 0.536. The number of rotatable bonds is 5. The van der Waals surface area contributed by atoms with Gasteiger partial charge in [0.2, 0.25) is 12.7 Å². The Balaban J connectivity index is 1.30. The molecular formula is C22H19N5O4. The van der Waals surface area contributed by atoms with E-state index < -0.39 is 0 Å². The van der Waals surface area contributed by atoms with Gasteiger partial charge in [-0.3, -0.25) is 14.2 Å². The normalized spacial score (nSPS) is 12.3. The predicted octanol–water partition coefficient (Wildman–Crippen LogP) is 2.65. The average molecular weight is 417 g/mol. The van der Waals surface area contributed by atoms with E-state index in [1.54, 1.807) is 22.9 Å². The number of fused-ring (bicyclic) bond motifs is 2. The Morgan fingerprint density at radius 2 is 1.94 bits per heavy atom. The molecular weight excluding hydrogens is 398 g/mol. The summed E-state index contributed by atoms with van der Waals surface area (Å²) in [6.45, 7) is 2.38. The minimum Gasteiger partial charge on any atom is -0.454 e. The third-order valence-electron chi connectivity index (χ3n) is 5.07. The molecule has 0 radical (unpaired) electrons. The second kappa shape index (κ2) is 7.60. The van der Waals surface area contributed by atoms with Crippen molar-refractivity contribution in [3.05, 3.63) is 70.9 Å². The van der Waals surface area contributed by atoms with Gasteiger partial charge < -0.3 is 14.8 Å². The zero-order valence-electron chi connectivity index (χ0n) is 16.7. The maximum absolute atomic E-state index is 12.8. The predicted molar refractivity (Wildman–Crippen MR) is 114 cm³/mol. The van der Waals surface area contributed by atoms with Gasteiger partial charge in [-0.15, -0.1) is 0 Å². The van der Waals surface area contributed by atoms with E-state index in [2.05, 4.69) is 15.4 Å². The molecule has 1 aliphatic heterocycles. The van der Waals surface area contributed by atoms with Crippen LogP contribution in [0.2, 0.25) is 0 Å². The highest BCUT2D eigenvalue weighted by Crippen LogP contribution is 2.34. The summed E-state index contributed by atoms with van der Waals surface area (Å²) in [5.41, 5.74) is 2.81. The molecule has 1 N–H and O–H groups in total. The second-order valence-electron chi connectivity index (χ2n) is 7.24. The zero-order chi connectivity index (χ0) is 21.4. The number of nitrogens with one attached hydrogen (secondary N) is 1. The Bertz CT molecular complexity index is 1340. The van der Waals surface area contributed by atoms with Crippen molar-refractivity contribution in [2.24, 2.45) is 0 Å². The molecule has 0 saturated carbocycles. The number of benzene rings is 2. The van der Waals surface area contributed by atoms with E-state index in [4.69, 9.17) is 9.47 Å². The number of hydrogen-bond donors (Lipinski definition) is 1. The van der Waals surface area contributed by atoms with E-state index in [0.29, 0.717) is 28.2 Å². The first-order valence-corrected chi connectivity index (χ1v) is 9.78. The fourth-order valence-corrected chi connectivity index (χ4v) is 3.40. The van der Waals surface area contributed by atoms with Crippen molar-refractivity contribution in [1.29, 1.82) is 0 Å². The van der Waals surface area contributed by atoms with Gasteiger partial charge in [0.05, 0.1) is 18.2 Å². The summed E-state index contributed by atoms with van der Waals surface area (Å²) in [4.78, 5) is 29.6. The Hall–Kier alpha value is -4.14. The monoisotopic (exact) mass is 417 g/mol. The molecule has 2 aromatic heterocycles. The van der Waals surface area contributed by atoms with E-state index in [-0.39, 0.29) is 31.2 Å². The molecule has 0 fully saturated rings. The molecule has 5 rings (SSSR count). The van der Waals surface area contributed by atoms with Gasteiger partial charge in [0.1, 0.15) is 5.39 Å². The van der Waals surface area contributed by atoms with Crippen molar-refractivity contribution in [1.82, 2.24) is 19.3 Å². The van der Waals surface area contributed by atoms with Crippen molar-refractivity contribution in [2.45, 2.75) is 19.9 Å². The highest BCUT2D eigenvalue weighted by atomic mass is 16.7. The van der Waals surface area contributed by atoms with Crippen LogP contribution in [0.25, 0.3) is 16.7 Å². The second-order valence-corrected chi connectivity index (χ2v) is 7.24. The van der Waals surface area contributed by atoms with E-state index in [9.17, 15) is 9.59 Å². The first-order valence-electron chi connectivity index (χ1n) is 9.78. The standard InChI is InChI=1S/C22H19N5O4/c1-14-2-5-16(6-3-14)27-21-17(11-24-27)22(29)26(12-23-21)9-8-20(28)25-15-4-7-18-19(10-15)31-13-30-18/h2-7,10-12H,8-9,13H2,1H3,(H,25,28). The van der Waals surface area contributed by atoms with Crippen LogP contribution in [0.15, 0.2) is 59.8 Å². The van der Waals surface area contributed by atoms with Crippen LogP contribution < -0.4 is 20.3 Å². The summed E-state index contributed by atoms with van der Waals surface area (Å²) in [5, 5.41) is 7.52. The Morgan fingerprint density at radius 3 is 2.77 bits per heavy atom. The van der Waals surface area contributed by atoms with Crippen molar-refractivity contribution in [3.63, 3.8) is 0 Å². The third-order valence-corrected chi connectivity index (χ3v) is 5.07. The number of amides is 1. The lowest BCUT2D eigenvalue weighted by atomic mass is 10.2. The number of anilines is 1. The summed E-state index contributed by atoms with van der Waals surface area (Å²) >= 11 is 0. The van der Waals surface area contributed by atoms with Crippen molar-refractivity contribution < 1.29 is 14.3 Å². The number of hydrogen-bond acceptors (Lipinski definition) is 6. The van der Waals surface area contributed by atoms with Gasteiger partial charge in [0, 0.05) is 24.7 Å². The Morgan fingerprint density at radius 1 is 1.13 bits per heavy atom. The van der Waals surface area contributed by atoms with Gasteiger partial charge in [0.15, 0.2) is 17.1 Å². The molecule has 3 heterocycles. The Labute approximate surface area is 176 Å². The molecule has 9 nitrogen and oxygen atoms in total. The SMILES string of the molecule is Cc1ccc(-n2ncc3c(=O)n(CCC(=O)Nc4ccc5c(c4)OCO5)cnc32)cc1. The lowest BCUT2D eigenvalue weighted by molar-refractivity contribution is -0.116. The topological polar surface area (TPSA) is 100 Å². The van der Waals surface area contributed by atoms with Crippen LogP contribution in [0.4, 0.5) is 5.69 Å². The number of carbonyl (C=O) groups is 1. The van der Waals surface area contributed by atoms with Crippen molar-refractivity contribution in [3.8, 4) is 17.2 Å². The third kappa shape index (κ3) is 3.61. The largest absolute Gasteiger partial charge is 0.454 e. The van der Waals surface area contributed by atoms with Crippen molar-refractivity contribution >= 4 is 22.6 Å². The Kier molecular flexibility index (Phi) is 4.62. The molecule has 4 aromatic rings. The lowest BCUT2D eigenvalue weighted by Gasteiger charge is -2.08. The molecule has 0 saturated heterocycles. The van der Waals surface area contributed by atoms with Gasteiger partial charge in [0.25, 0.3) is 5.56 Å². The lowest BCUT2D eigenvalue weighted by Crippen LogP contribution is -2.23. The van der Waals surface area contributed by atoms with E-state index >= 15 is 0 Å². The first kappa shape index (κ1) is 18.9. The van der Waals surface area contributed by atoms with Crippen LogP contribution in [0.5, 0.6) is 11.5 Å². The van der Waals surface area contributed by atoms with Crippen LogP contribution in [-0.2, 0) is 11.3 Å². The van der Waals surface area contributed by atoms with E-state index in [1.165, 1.54) is 17.1 Å². The van der Waals surface area contributed by atoms with Crippen LogP contribution >= 0.6 is 0 Å². The fourth-order valence-electron chi connectivity index (χ4n) is 3.40. The highest BCUT2D eigenvalue weighted by molar-refractivity contribution is 5.91. The van der Waals surface area contributed by atoms with Gasteiger partial charge in [-0.05, 0) is 31.2 Å². The number of aromatic nitrogens is 4. The number of carbonyl (C=O) groups excluding carboxylic acids is 1. The first-order chi connectivity index (χ1) is 15.1. The molecule has 0 aliphatic carbocycles. The molecule has 156 valence electrons. The molecule has 0 unspecified atom stereocenters. The number of aryl methyl sites for hydroxylation is 2. The molecule has 0 atom stereocenters. The maximum atomic E-state index is 12.8. The average Bonchev–Trinajstić information content (AvgIpc) is 3.41. The summed E-state index contributed by atoms with van der Waals surface area (Å²) in [7, 11) is 0. The van der Waals surface area contributed by atoms with Crippen LogP contribution in [-0.4, -0.2) is 32.0 Å². The van der Waals surface area contributed by atoms with Gasteiger partial charge in [-0.25, -0.2) is 9.67 Å². The minimum absolute atomic E-state index is 0.119. The smallest absolute Gasteiger partial charge is 0.264 e. The molecule has 31 heavy (non-hydrogen) atoms. The molecule has 1 amide bonds. The summed E-state index contributed by atoms with van der Waals surface area (Å²) in [5.74, 6) is 1.02. The molecule has 0 bridgehead atoms. The van der Waals surface area contributed by atoms with Crippen LogP contribution in [0.1, 0.15) is 12.0 Å². The fraction of sp³-hybridized carbons (Fsp3) is 0.182. The highest BCUT2D eigenvalue weighted by Gasteiger charge is 2.15. The molecule has 9 heteroatoms. The summed E-state index contributed by atoms with van der Waals surface area (Å²) in [6.07, 6.45) is 3.08. The van der Waals surface area contributed by atoms with E-state index in [0.717, 1.165) is 11.3 Å². The maximum Gasteiger partial charge on any atom is 0.264 e. The van der Waals surface area contributed by atoms with Gasteiger partial charge in [-0.1, -0.05) is 17.7 Å². The molecule has 0 spiro atoms. The minimum atomic E-state index is -0.237. The van der Waals surface area contributed by atoms with E-state index in [1.807, 2.05) is 31.2 Å². The summed E-state index contributed by atoms with van der Waals surface area (Å²) in [6, 6.07) is 13.0. The van der Waals surface area contributed by atoms with Gasteiger partial charge in [-0.2, -0.15) is 5.10 Å². The van der Waals surface area contributed by atoms with Crippen LogP contribution in [0, 0.1) is 6.92 Å². The van der Waals surface area contributed by atoms with Crippen molar-refractivity contribution in [2.75, 3.05) is 12.1 Å². The number of ether oxygens (including phenoxy) is 2. The van der Waals surface area contributed by atoms with Gasteiger partial charge >= 0.3 is 0 Å². The number of nitrogens with zero attached hydrogens (tertiary/aromatic N) is 4. The molecule has 1 aliphatic rings. The zero-order valence-corrected chi connectivity index (χ0v) is 16.7. The molecule has 2 aromatic carbocycles. The van der Waals surface area contributed by atoms with Crippen LogP contribution in [0.3, 0.4) is 0 Å².